The molecule has 0 spiro atoms. The van der Waals surface area contributed by atoms with Crippen LogP contribution in [-0.4, -0.2) is 11.8 Å². The Morgan fingerprint density at radius 1 is 1.04 bits per heavy atom. The lowest BCUT2D eigenvalue weighted by Gasteiger charge is -2.08. The molecule has 0 atom stereocenters. The molecule has 2 aromatic carbocycles. The van der Waals surface area contributed by atoms with Gasteiger partial charge in [0.05, 0.1) is 12.1 Å². The summed E-state index contributed by atoms with van der Waals surface area (Å²) in [6.45, 7) is 0. The van der Waals surface area contributed by atoms with Crippen molar-refractivity contribution in [2.75, 3.05) is 5.32 Å². The lowest BCUT2D eigenvalue weighted by atomic mass is 10.0. The van der Waals surface area contributed by atoms with Gasteiger partial charge < -0.3 is 11.1 Å². The number of hydrogen-bond acceptors (Lipinski definition) is 2. The second-order valence-corrected chi connectivity index (χ2v) is 4.98. The quantitative estimate of drug-likeness (QED) is 0.797. The molecule has 0 aromatic heterocycles. The number of hydrogen-bond donors (Lipinski definition) is 2. The molecule has 24 heavy (non-hydrogen) atoms. The van der Waals surface area contributed by atoms with Crippen molar-refractivity contribution in [1.29, 1.82) is 0 Å². The number of anilines is 1. The highest BCUT2D eigenvalue weighted by molar-refractivity contribution is 5.97. The molecule has 0 fully saturated rings. The molecule has 3 N–H and O–H groups in total. The van der Waals surface area contributed by atoms with Crippen LogP contribution in [0.25, 0.3) is 0 Å². The molecule has 125 valence electrons. The number of primary amides is 1. The normalized spacial score (nSPS) is 10.5. The zero-order valence-corrected chi connectivity index (χ0v) is 12.5. The molecular formula is C17H14F3N2O2. The third-order valence-corrected chi connectivity index (χ3v) is 3.32. The fourth-order valence-corrected chi connectivity index (χ4v) is 2.14. The van der Waals surface area contributed by atoms with Crippen molar-refractivity contribution >= 4 is 17.5 Å². The molecule has 2 rings (SSSR count). The van der Waals surface area contributed by atoms with E-state index in [4.69, 9.17) is 5.73 Å². The summed E-state index contributed by atoms with van der Waals surface area (Å²) in [5.41, 5.74) is 5.84. The predicted molar refractivity (Wildman–Crippen MR) is 82.5 cm³/mol. The Morgan fingerprint density at radius 3 is 2.46 bits per heavy atom. The van der Waals surface area contributed by atoms with E-state index in [-0.39, 0.29) is 6.42 Å². The third-order valence-electron chi connectivity index (χ3n) is 3.32. The van der Waals surface area contributed by atoms with E-state index in [0.29, 0.717) is 17.5 Å². The smallest absolute Gasteiger partial charge is 0.248 e. The number of nitrogens with one attached hydrogen (secondary N) is 1. The highest BCUT2D eigenvalue weighted by atomic mass is 19.2. The van der Waals surface area contributed by atoms with Crippen LogP contribution in [0.4, 0.5) is 18.9 Å². The molecule has 0 saturated heterocycles. The summed E-state index contributed by atoms with van der Waals surface area (Å²) in [7, 11) is 0. The van der Waals surface area contributed by atoms with E-state index in [2.05, 4.69) is 5.32 Å². The second kappa shape index (κ2) is 7.63. The number of halogens is 3. The van der Waals surface area contributed by atoms with Crippen LogP contribution in [0.15, 0.2) is 36.4 Å². The van der Waals surface area contributed by atoms with Gasteiger partial charge in [-0.1, -0.05) is 18.2 Å². The maximum absolute atomic E-state index is 13.5. The molecule has 0 aliphatic rings. The molecular weight excluding hydrogens is 321 g/mol. The molecule has 0 saturated carbocycles. The first-order chi connectivity index (χ1) is 11.4. The lowest BCUT2D eigenvalue weighted by molar-refractivity contribution is -0.113. The molecule has 0 unspecified atom stereocenters. The summed E-state index contributed by atoms with van der Waals surface area (Å²) in [5, 5.41) is 2.13. The molecule has 0 aliphatic carbocycles. The zero-order valence-electron chi connectivity index (χ0n) is 12.5. The SMILES string of the molecule is NC(=O)c1ccccc1CC[CH]C(=O)Nc1ccc(F)c(F)c1F. The average Bonchev–Trinajstić information content (AvgIpc) is 2.56. The van der Waals surface area contributed by atoms with Crippen molar-refractivity contribution in [2.45, 2.75) is 12.8 Å². The van der Waals surface area contributed by atoms with Crippen LogP contribution >= 0.6 is 0 Å². The fourth-order valence-electron chi connectivity index (χ4n) is 2.14. The summed E-state index contributed by atoms with van der Waals surface area (Å²) in [5.74, 6) is -5.69. The summed E-state index contributed by atoms with van der Waals surface area (Å²) >= 11 is 0. The van der Waals surface area contributed by atoms with Gasteiger partial charge in [0, 0.05) is 5.56 Å². The maximum atomic E-state index is 13.5. The van der Waals surface area contributed by atoms with Crippen LogP contribution in [0.5, 0.6) is 0 Å². The Hall–Kier alpha value is -2.83. The van der Waals surface area contributed by atoms with Crippen LogP contribution in [0.3, 0.4) is 0 Å². The van der Waals surface area contributed by atoms with Gasteiger partial charge in [-0.05, 0) is 36.6 Å². The van der Waals surface area contributed by atoms with Gasteiger partial charge in [-0.25, -0.2) is 13.2 Å². The van der Waals surface area contributed by atoms with Crippen LogP contribution in [0.1, 0.15) is 22.3 Å². The minimum atomic E-state index is -1.65. The van der Waals surface area contributed by atoms with E-state index < -0.39 is 35.0 Å². The number of rotatable bonds is 6. The van der Waals surface area contributed by atoms with Gasteiger partial charge in [-0.3, -0.25) is 9.59 Å². The van der Waals surface area contributed by atoms with Crippen LogP contribution in [0.2, 0.25) is 0 Å². The van der Waals surface area contributed by atoms with Crippen molar-refractivity contribution in [3.05, 3.63) is 71.4 Å². The summed E-state index contributed by atoms with van der Waals surface area (Å²) in [4.78, 5) is 23.0. The van der Waals surface area contributed by atoms with Gasteiger partial charge in [-0.2, -0.15) is 0 Å². The maximum Gasteiger partial charge on any atom is 0.248 e. The van der Waals surface area contributed by atoms with Crippen molar-refractivity contribution in [1.82, 2.24) is 0 Å². The third kappa shape index (κ3) is 4.13. The minimum Gasteiger partial charge on any atom is -0.366 e. The van der Waals surface area contributed by atoms with Crippen LogP contribution < -0.4 is 11.1 Å². The van der Waals surface area contributed by atoms with E-state index >= 15 is 0 Å². The number of amides is 2. The molecule has 0 bridgehead atoms. The molecule has 0 aliphatic heterocycles. The highest BCUT2D eigenvalue weighted by Crippen LogP contribution is 2.20. The Morgan fingerprint density at radius 2 is 1.75 bits per heavy atom. The molecule has 1 radical (unpaired) electrons. The number of aryl methyl sites for hydroxylation is 1. The molecule has 0 heterocycles. The first-order valence-electron chi connectivity index (χ1n) is 7.05. The van der Waals surface area contributed by atoms with Crippen LogP contribution in [0, 0.1) is 23.9 Å². The van der Waals surface area contributed by atoms with Crippen molar-refractivity contribution < 1.29 is 22.8 Å². The average molecular weight is 335 g/mol. The molecule has 2 amide bonds. The second-order valence-electron chi connectivity index (χ2n) is 4.98. The van der Waals surface area contributed by atoms with Crippen LogP contribution in [-0.2, 0) is 11.2 Å². The van der Waals surface area contributed by atoms with Gasteiger partial charge in [0.2, 0.25) is 11.8 Å². The fraction of sp³-hybridized carbons (Fsp3) is 0.118. The van der Waals surface area contributed by atoms with Gasteiger partial charge >= 0.3 is 0 Å². The highest BCUT2D eigenvalue weighted by Gasteiger charge is 2.15. The number of carbonyl (C=O) groups is 2. The lowest BCUT2D eigenvalue weighted by Crippen LogP contribution is -2.16. The Kier molecular flexibility index (Phi) is 5.57. The van der Waals surface area contributed by atoms with Gasteiger partial charge in [0.25, 0.3) is 0 Å². The van der Waals surface area contributed by atoms with Crippen molar-refractivity contribution in [3.63, 3.8) is 0 Å². The minimum absolute atomic E-state index is 0.251. The van der Waals surface area contributed by atoms with Gasteiger partial charge in [0.15, 0.2) is 17.5 Å². The Bertz CT molecular complexity index is 778. The summed E-state index contributed by atoms with van der Waals surface area (Å²) in [6, 6.07) is 8.35. The largest absolute Gasteiger partial charge is 0.366 e. The number of benzene rings is 2. The van der Waals surface area contributed by atoms with E-state index in [1.54, 1.807) is 24.3 Å². The standard InChI is InChI=1S/C17H14F3N2O2/c18-12-8-9-13(16(20)15(12)19)22-14(23)7-3-5-10-4-1-2-6-11(10)17(21)24/h1-2,4,6-9H,3,5H2,(H2,21,24)(H,22,23). The summed E-state index contributed by atoms with van der Waals surface area (Å²) < 4.78 is 39.4. The monoisotopic (exact) mass is 335 g/mol. The van der Waals surface area contributed by atoms with Gasteiger partial charge in [-0.15, -0.1) is 0 Å². The zero-order chi connectivity index (χ0) is 17.7. The number of nitrogens with two attached hydrogens (primary N) is 1. The Labute approximate surface area is 136 Å². The van der Waals surface area contributed by atoms with Gasteiger partial charge in [0.1, 0.15) is 0 Å². The molecule has 2 aromatic rings. The number of carbonyl (C=O) groups excluding carboxylic acids is 2. The van der Waals surface area contributed by atoms with Crippen molar-refractivity contribution in [2.24, 2.45) is 5.73 Å². The van der Waals surface area contributed by atoms with E-state index in [0.717, 1.165) is 12.1 Å². The van der Waals surface area contributed by atoms with E-state index in [1.807, 2.05) is 0 Å². The Balaban J connectivity index is 1.93. The predicted octanol–water partition coefficient (Wildman–Crippen LogP) is 2.98. The van der Waals surface area contributed by atoms with E-state index in [1.165, 1.54) is 6.42 Å². The topological polar surface area (TPSA) is 72.2 Å². The molecule has 7 heteroatoms. The van der Waals surface area contributed by atoms with E-state index in [9.17, 15) is 22.8 Å². The first-order valence-corrected chi connectivity index (χ1v) is 7.05. The first kappa shape index (κ1) is 17.5. The molecule has 4 nitrogen and oxygen atoms in total. The summed E-state index contributed by atoms with van der Waals surface area (Å²) in [6.07, 6.45) is 1.84. The van der Waals surface area contributed by atoms with Crippen molar-refractivity contribution in [3.8, 4) is 0 Å².